The molecule has 0 saturated carbocycles. The molecule has 5 nitrogen and oxygen atoms in total. The van der Waals surface area contributed by atoms with Gasteiger partial charge in [0.1, 0.15) is 17.9 Å². The molecule has 0 radical (unpaired) electrons. The molecule has 4 rings (SSSR count). The molecule has 0 spiro atoms. The number of rotatable bonds is 11. The van der Waals surface area contributed by atoms with E-state index in [0.29, 0.717) is 23.5 Å². The monoisotopic (exact) mass is 457 g/mol. The minimum atomic E-state index is -0.382. The first-order valence-corrected chi connectivity index (χ1v) is 12.0. The number of esters is 1. The van der Waals surface area contributed by atoms with Crippen molar-refractivity contribution in [2.45, 2.75) is 52.6 Å². The van der Waals surface area contributed by atoms with E-state index < -0.39 is 0 Å². The summed E-state index contributed by atoms with van der Waals surface area (Å²) in [6.45, 7) is 4.83. The zero-order chi connectivity index (χ0) is 23.8. The molecule has 0 aliphatic rings. The number of oxazole rings is 1. The predicted molar refractivity (Wildman–Crippen MR) is 133 cm³/mol. The first-order valence-electron chi connectivity index (χ1n) is 12.0. The van der Waals surface area contributed by atoms with Gasteiger partial charge >= 0.3 is 12.0 Å². The van der Waals surface area contributed by atoms with Crippen LogP contribution in [0.5, 0.6) is 11.8 Å². The highest BCUT2D eigenvalue weighted by atomic mass is 16.6. The zero-order valence-corrected chi connectivity index (χ0v) is 19.8. The van der Waals surface area contributed by atoms with E-state index in [1.165, 1.54) is 31.2 Å². The van der Waals surface area contributed by atoms with E-state index in [1.807, 2.05) is 60.7 Å². The number of fused-ring (bicyclic) bond motifs is 1. The maximum Gasteiger partial charge on any atom is 0.394 e. The van der Waals surface area contributed by atoms with Gasteiger partial charge in [-0.05, 0) is 66.3 Å². The van der Waals surface area contributed by atoms with E-state index in [4.69, 9.17) is 13.9 Å². The van der Waals surface area contributed by atoms with Gasteiger partial charge in [0.25, 0.3) is 0 Å². The zero-order valence-electron chi connectivity index (χ0n) is 19.8. The van der Waals surface area contributed by atoms with Crippen LogP contribution in [0.25, 0.3) is 11.1 Å². The summed E-state index contributed by atoms with van der Waals surface area (Å²) in [6.07, 6.45) is 6.30. The minimum absolute atomic E-state index is 0.226. The van der Waals surface area contributed by atoms with Crippen LogP contribution in [-0.4, -0.2) is 11.0 Å². The van der Waals surface area contributed by atoms with Crippen LogP contribution in [0.15, 0.2) is 77.2 Å². The number of hydrogen-bond donors (Lipinski definition) is 0. The molecule has 4 aromatic rings. The number of aromatic nitrogens is 1. The lowest BCUT2D eigenvalue weighted by molar-refractivity contribution is 0.0734. The van der Waals surface area contributed by atoms with E-state index in [1.54, 1.807) is 12.1 Å². The molecule has 34 heavy (non-hydrogen) atoms. The molecular weight excluding hydrogens is 426 g/mol. The standard InChI is InChI=1S/C29H31NO4/c1-21(2)8-4-3-5-9-22-14-18-25(19-15-22)33-28(31)24-16-12-23(13-17-24)20-32-29-30-26-10-6-7-11-27(26)34-29/h6-7,10-19,21H,3-5,8-9,20H2,1-2H3. The summed E-state index contributed by atoms with van der Waals surface area (Å²) >= 11 is 0. The summed E-state index contributed by atoms with van der Waals surface area (Å²) in [5, 5.41) is 0. The second-order valence-corrected chi connectivity index (χ2v) is 8.96. The van der Waals surface area contributed by atoms with Gasteiger partial charge in [0.2, 0.25) is 0 Å². The van der Waals surface area contributed by atoms with Gasteiger partial charge in [-0.3, -0.25) is 0 Å². The Morgan fingerprint density at radius 2 is 1.62 bits per heavy atom. The molecule has 0 amide bonds. The molecule has 1 aromatic heterocycles. The Kier molecular flexibility index (Phi) is 7.97. The largest absolute Gasteiger partial charge is 0.445 e. The van der Waals surface area contributed by atoms with E-state index in [2.05, 4.69) is 18.8 Å². The van der Waals surface area contributed by atoms with Gasteiger partial charge in [0.15, 0.2) is 5.58 Å². The quantitative estimate of drug-likeness (QED) is 0.133. The topological polar surface area (TPSA) is 61.6 Å². The molecule has 5 heteroatoms. The highest BCUT2D eigenvalue weighted by molar-refractivity contribution is 5.91. The lowest BCUT2D eigenvalue weighted by atomic mass is 10.0. The Morgan fingerprint density at radius 3 is 2.35 bits per heavy atom. The lowest BCUT2D eigenvalue weighted by Crippen LogP contribution is -2.08. The van der Waals surface area contributed by atoms with Crippen LogP contribution in [0.1, 0.15) is 61.0 Å². The summed E-state index contributed by atoms with van der Waals surface area (Å²) in [5.41, 5.74) is 4.10. The Labute approximate surface area is 200 Å². The van der Waals surface area contributed by atoms with E-state index >= 15 is 0 Å². The van der Waals surface area contributed by atoms with Gasteiger partial charge in [-0.25, -0.2) is 4.79 Å². The van der Waals surface area contributed by atoms with Crippen molar-refractivity contribution in [2.75, 3.05) is 0 Å². The minimum Gasteiger partial charge on any atom is -0.445 e. The average Bonchev–Trinajstić information content (AvgIpc) is 3.27. The molecule has 0 atom stereocenters. The van der Waals surface area contributed by atoms with Crippen LogP contribution in [0.3, 0.4) is 0 Å². The maximum absolute atomic E-state index is 12.5. The SMILES string of the molecule is CC(C)CCCCCc1ccc(OC(=O)c2ccc(COc3nc4ccccc4o3)cc2)cc1. The predicted octanol–water partition coefficient (Wildman–Crippen LogP) is 7.38. The van der Waals surface area contributed by atoms with Gasteiger partial charge in [0, 0.05) is 0 Å². The second kappa shape index (κ2) is 11.5. The molecule has 0 aliphatic carbocycles. The third kappa shape index (κ3) is 6.70. The Morgan fingerprint density at radius 1 is 0.882 bits per heavy atom. The summed E-state index contributed by atoms with van der Waals surface area (Å²) in [4.78, 5) is 16.8. The molecule has 3 aromatic carbocycles. The Bertz CT molecular complexity index is 1160. The van der Waals surface area contributed by atoms with Gasteiger partial charge in [0.05, 0.1) is 5.56 Å². The summed E-state index contributed by atoms with van der Waals surface area (Å²) in [6, 6.07) is 22.5. The third-order valence-corrected chi connectivity index (χ3v) is 5.71. The van der Waals surface area contributed by atoms with Crippen molar-refractivity contribution in [3.05, 3.63) is 89.5 Å². The van der Waals surface area contributed by atoms with Crippen molar-refractivity contribution < 1.29 is 18.7 Å². The number of carbonyl (C=O) groups excluding carboxylic acids is 1. The van der Waals surface area contributed by atoms with Crippen molar-refractivity contribution in [1.29, 1.82) is 0 Å². The van der Waals surface area contributed by atoms with Gasteiger partial charge in [-0.15, -0.1) is 0 Å². The maximum atomic E-state index is 12.5. The number of ether oxygens (including phenoxy) is 2. The number of para-hydroxylation sites is 2. The lowest BCUT2D eigenvalue weighted by Gasteiger charge is -2.07. The fraction of sp³-hybridized carbons (Fsp3) is 0.310. The fourth-order valence-electron chi connectivity index (χ4n) is 3.74. The normalized spacial score (nSPS) is 11.1. The summed E-state index contributed by atoms with van der Waals surface area (Å²) in [5.74, 6) is 0.947. The molecule has 0 unspecified atom stereocenters. The molecule has 0 fully saturated rings. The van der Waals surface area contributed by atoms with Crippen LogP contribution in [0.4, 0.5) is 0 Å². The van der Waals surface area contributed by atoms with Crippen molar-refractivity contribution in [3.8, 4) is 11.8 Å². The molecule has 176 valence electrons. The van der Waals surface area contributed by atoms with Crippen molar-refractivity contribution in [1.82, 2.24) is 4.98 Å². The van der Waals surface area contributed by atoms with Crippen LogP contribution in [0, 0.1) is 5.92 Å². The molecule has 0 saturated heterocycles. The molecule has 0 aliphatic heterocycles. The first kappa shape index (κ1) is 23.6. The highest BCUT2D eigenvalue weighted by Gasteiger charge is 2.10. The Hall–Kier alpha value is -3.60. The van der Waals surface area contributed by atoms with E-state index in [0.717, 1.165) is 23.4 Å². The molecule has 1 heterocycles. The average molecular weight is 458 g/mol. The van der Waals surface area contributed by atoms with Crippen molar-refractivity contribution >= 4 is 17.1 Å². The third-order valence-electron chi connectivity index (χ3n) is 5.71. The number of carbonyl (C=O) groups is 1. The molecular formula is C29H31NO4. The Balaban J connectivity index is 1.23. The summed E-state index contributed by atoms with van der Waals surface area (Å²) in [7, 11) is 0. The fourth-order valence-corrected chi connectivity index (χ4v) is 3.74. The van der Waals surface area contributed by atoms with Crippen LogP contribution < -0.4 is 9.47 Å². The van der Waals surface area contributed by atoms with Crippen LogP contribution in [0.2, 0.25) is 0 Å². The van der Waals surface area contributed by atoms with Crippen molar-refractivity contribution in [3.63, 3.8) is 0 Å². The van der Waals surface area contributed by atoms with Gasteiger partial charge in [-0.2, -0.15) is 4.98 Å². The second-order valence-electron chi connectivity index (χ2n) is 8.96. The number of benzene rings is 3. The number of nitrogens with zero attached hydrogens (tertiary/aromatic N) is 1. The van der Waals surface area contributed by atoms with Crippen molar-refractivity contribution in [2.24, 2.45) is 5.92 Å². The molecule has 0 bridgehead atoms. The number of aryl methyl sites for hydroxylation is 1. The first-order chi connectivity index (χ1) is 16.6. The number of unbranched alkanes of at least 4 members (excludes halogenated alkanes) is 2. The van der Waals surface area contributed by atoms with Crippen LogP contribution in [-0.2, 0) is 13.0 Å². The molecule has 0 N–H and O–H groups in total. The van der Waals surface area contributed by atoms with Gasteiger partial charge < -0.3 is 13.9 Å². The smallest absolute Gasteiger partial charge is 0.394 e. The highest BCUT2D eigenvalue weighted by Crippen LogP contribution is 2.21. The van der Waals surface area contributed by atoms with E-state index in [-0.39, 0.29) is 12.0 Å². The van der Waals surface area contributed by atoms with Gasteiger partial charge in [-0.1, -0.05) is 69.5 Å². The number of hydrogen-bond acceptors (Lipinski definition) is 5. The van der Waals surface area contributed by atoms with Crippen LogP contribution >= 0.6 is 0 Å². The summed E-state index contributed by atoms with van der Waals surface area (Å²) < 4.78 is 16.7. The van der Waals surface area contributed by atoms with E-state index in [9.17, 15) is 4.79 Å².